The summed E-state index contributed by atoms with van der Waals surface area (Å²) in [7, 11) is 40.9. The Morgan fingerprint density at radius 3 is 1.16 bits per heavy atom. The molecule has 0 fully saturated rings. The predicted molar refractivity (Wildman–Crippen MR) is 238 cm³/mol. The van der Waals surface area contributed by atoms with Crippen LogP contribution in [0, 0.1) is 0 Å². The second-order valence-electron chi connectivity index (χ2n) is 13.3. The highest BCUT2D eigenvalue weighted by Crippen LogP contribution is 2.37. The van der Waals surface area contributed by atoms with Crippen molar-refractivity contribution in [3.05, 3.63) is 140 Å². The van der Waals surface area contributed by atoms with Crippen LogP contribution in [0.1, 0.15) is 0 Å². The summed E-state index contributed by atoms with van der Waals surface area (Å²) in [5.41, 5.74) is 9.86. The molecule has 0 N–H and O–H groups in total. The molecule has 0 saturated carbocycles. The van der Waals surface area contributed by atoms with Crippen molar-refractivity contribution in [3.8, 4) is 67.5 Å². The van der Waals surface area contributed by atoms with Gasteiger partial charge in [0, 0.05) is 31.5 Å². The number of rotatable bonds is 6. The molecule has 7 aromatic carbocycles. The quantitative estimate of drug-likeness (QED) is 0.229. The van der Waals surface area contributed by atoms with E-state index < -0.39 is 0 Å². The third kappa shape index (κ3) is 6.06. The lowest BCUT2D eigenvalue weighted by molar-refractivity contribution is 1.08. The number of nitrogens with zero attached hydrogens (tertiary/aromatic N) is 3. The van der Waals surface area contributed by atoms with Gasteiger partial charge in [-0.2, -0.15) is 0 Å². The van der Waals surface area contributed by atoms with Gasteiger partial charge in [0.1, 0.15) is 47.1 Å². The summed E-state index contributed by atoms with van der Waals surface area (Å²) in [6, 6.07) is 46.4. The zero-order chi connectivity index (χ0) is 37.8. The zero-order valence-corrected chi connectivity index (χ0v) is 30.3. The standard InChI is InChI=1S/C45H23B6N3S/c46-35-31(28-14-8-3-9-15-28)32-33-36(47)37(48)34(38(49)42(33)55-41(32)40(51)39(35)50)45-53-43(29-20-16-26(17-21-29)24-10-4-1-5-11-24)52-44(54-45)30-22-18-27(19-23-30)25-12-6-2-7-13-25/h1-23H. The van der Waals surface area contributed by atoms with E-state index in [0.717, 1.165) is 49.9 Å². The predicted octanol–water partition coefficient (Wildman–Crippen LogP) is 5.00. The summed E-state index contributed by atoms with van der Waals surface area (Å²) in [5, 5.41) is 1.39. The van der Waals surface area contributed by atoms with E-state index >= 15 is 0 Å². The van der Waals surface area contributed by atoms with Crippen molar-refractivity contribution in [1.29, 1.82) is 0 Å². The summed E-state index contributed by atoms with van der Waals surface area (Å²) in [6.45, 7) is 0. The fourth-order valence-corrected chi connectivity index (χ4v) is 8.40. The summed E-state index contributed by atoms with van der Waals surface area (Å²) in [4.78, 5) is 15.0. The van der Waals surface area contributed by atoms with E-state index in [9.17, 15) is 0 Å². The molecule has 0 bridgehead atoms. The Morgan fingerprint density at radius 2 is 0.673 bits per heavy atom. The Morgan fingerprint density at radius 1 is 0.291 bits per heavy atom. The van der Waals surface area contributed by atoms with Crippen LogP contribution in [-0.4, -0.2) is 62.0 Å². The van der Waals surface area contributed by atoms with E-state index in [2.05, 4.69) is 48.5 Å². The number of hydrogen-bond donors (Lipinski definition) is 0. The first-order valence-electron chi connectivity index (χ1n) is 17.6. The Bertz CT molecular complexity index is 2800. The van der Waals surface area contributed by atoms with Gasteiger partial charge in [0.2, 0.25) is 0 Å². The molecule has 0 aliphatic carbocycles. The van der Waals surface area contributed by atoms with Crippen molar-refractivity contribution in [1.82, 2.24) is 15.0 Å². The molecule has 0 unspecified atom stereocenters. The number of fused-ring (bicyclic) bond motifs is 3. The minimum atomic E-state index is 0.236. The van der Waals surface area contributed by atoms with Gasteiger partial charge < -0.3 is 0 Å². The monoisotopic (exact) mass is 703 g/mol. The van der Waals surface area contributed by atoms with Gasteiger partial charge in [-0.3, -0.25) is 0 Å². The maximum atomic E-state index is 7.12. The molecule has 3 nitrogen and oxygen atoms in total. The lowest BCUT2D eigenvalue weighted by Crippen LogP contribution is -2.40. The van der Waals surface area contributed by atoms with E-state index in [-0.39, 0.29) is 11.3 Å². The smallest absolute Gasteiger partial charge is 0.164 e. The molecule has 0 aliphatic rings. The maximum Gasteiger partial charge on any atom is 0.164 e. The third-order valence-corrected chi connectivity index (χ3v) is 11.3. The lowest BCUT2D eigenvalue weighted by atomic mass is 9.66. The SMILES string of the molecule is [B]c1c([B])c(-c2ccccc2)c2c(sc3c([B])c(-c4nc(-c5ccc(-c6ccccc6)cc5)nc(-c5ccc(-c6ccccc6)cc5)n4)c([B])c([B])c32)c1[B]. The van der Waals surface area contributed by atoms with Gasteiger partial charge in [0.05, 0.1) is 0 Å². The van der Waals surface area contributed by atoms with Crippen LogP contribution in [0.2, 0.25) is 0 Å². The Kier molecular flexibility index (Phi) is 8.95. The van der Waals surface area contributed by atoms with Gasteiger partial charge in [-0.1, -0.05) is 167 Å². The topological polar surface area (TPSA) is 38.7 Å². The van der Waals surface area contributed by atoms with Crippen LogP contribution < -0.4 is 32.8 Å². The largest absolute Gasteiger partial charge is 0.208 e. The van der Waals surface area contributed by atoms with Crippen molar-refractivity contribution in [2.24, 2.45) is 0 Å². The lowest BCUT2D eigenvalue weighted by Gasteiger charge is -2.19. The zero-order valence-electron chi connectivity index (χ0n) is 29.5. The molecule has 0 atom stereocenters. The highest BCUT2D eigenvalue weighted by atomic mass is 32.1. The summed E-state index contributed by atoms with van der Waals surface area (Å²) in [6.07, 6.45) is 0. The van der Waals surface area contributed by atoms with Gasteiger partial charge in [-0.05, 0) is 38.8 Å². The highest BCUT2D eigenvalue weighted by molar-refractivity contribution is 7.28. The minimum Gasteiger partial charge on any atom is -0.208 e. The van der Waals surface area contributed by atoms with Gasteiger partial charge in [-0.15, -0.1) is 16.8 Å². The van der Waals surface area contributed by atoms with Crippen molar-refractivity contribution < 1.29 is 0 Å². The molecular formula is C45H23B6N3S. The molecule has 55 heavy (non-hydrogen) atoms. The van der Waals surface area contributed by atoms with Crippen LogP contribution in [-0.2, 0) is 0 Å². The van der Waals surface area contributed by atoms with Crippen molar-refractivity contribution in [2.45, 2.75) is 0 Å². The number of thiophene rings is 1. The van der Waals surface area contributed by atoms with E-state index in [1.165, 1.54) is 11.3 Å². The average Bonchev–Trinajstić information content (AvgIpc) is 3.64. The first kappa shape index (κ1) is 34.9. The fourth-order valence-electron chi connectivity index (χ4n) is 7.15. The second kappa shape index (κ2) is 14.1. The van der Waals surface area contributed by atoms with Crippen LogP contribution in [0.5, 0.6) is 0 Å². The average molecular weight is 703 g/mol. The molecule has 0 spiro atoms. The number of aromatic nitrogens is 3. The minimum absolute atomic E-state index is 0.236. The van der Waals surface area contributed by atoms with Crippen LogP contribution in [0.25, 0.3) is 87.7 Å². The maximum absolute atomic E-state index is 7.12. The van der Waals surface area contributed by atoms with Gasteiger partial charge in [-0.25, -0.2) is 15.0 Å². The second-order valence-corrected chi connectivity index (χ2v) is 14.3. The van der Waals surface area contributed by atoms with E-state index in [1.54, 1.807) is 0 Å². The molecular weight excluding hydrogens is 679 g/mol. The Balaban J connectivity index is 1.26. The normalized spacial score (nSPS) is 11.3. The molecule has 9 aromatic rings. The van der Waals surface area contributed by atoms with Gasteiger partial charge >= 0.3 is 0 Å². The summed E-state index contributed by atoms with van der Waals surface area (Å²) in [5.74, 6) is 1.20. The van der Waals surface area contributed by atoms with E-state index in [1.807, 2.05) is 91.0 Å². The highest BCUT2D eigenvalue weighted by Gasteiger charge is 2.24. The molecule has 10 heteroatoms. The number of benzene rings is 7. The van der Waals surface area contributed by atoms with E-state index in [4.69, 9.17) is 62.0 Å². The molecule has 2 aromatic heterocycles. The fraction of sp³-hybridized carbons (Fsp3) is 0. The van der Waals surface area contributed by atoms with Gasteiger partial charge in [0.25, 0.3) is 0 Å². The van der Waals surface area contributed by atoms with Crippen LogP contribution in [0.15, 0.2) is 140 Å². The van der Waals surface area contributed by atoms with Crippen LogP contribution in [0.4, 0.5) is 0 Å². The van der Waals surface area contributed by atoms with Gasteiger partial charge in [0.15, 0.2) is 17.5 Å². The van der Waals surface area contributed by atoms with Crippen molar-refractivity contribution in [3.63, 3.8) is 0 Å². The Hall–Kier alpha value is -5.84. The van der Waals surface area contributed by atoms with Crippen LogP contribution >= 0.6 is 11.3 Å². The first-order chi connectivity index (χ1) is 26.8. The molecule has 2 heterocycles. The third-order valence-electron chi connectivity index (χ3n) is 10.0. The molecule has 0 aliphatic heterocycles. The van der Waals surface area contributed by atoms with E-state index in [0.29, 0.717) is 59.3 Å². The molecule has 0 amide bonds. The molecule has 242 valence electrons. The van der Waals surface area contributed by atoms with Crippen molar-refractivity contribution in [2.75, 3.05) is 0 Å². The molecule has 12 radical (unpaired) electrons. The molecule has 9 rings (SSSR count). The summed E-state index contributed by atoms with van der Waals surface area (Å²) < 4.78 is 1.39. The Labute approximate surface area is 331 Å². The number of hydrogen-bond acceptors (Lipinski definition) is 4. The molecule has 0 saturated heterocycles. The van der Waals surface area contributed by atoms with Crippen LogP contribution in [0.3, 0.4) is 0 Å². The first-order valence-corrected chi connectivity index (χ1v) is 18.4. The van der Waals surface area contributed by atoms with Crippen molar-refractivity contribution >= 4 is 111 Å². The summed E-state index contributed by atoms with van der Waals surface area (Å²) >= 11 is 1.39.